The standard InChI is InChI=1S/C16H21N3O3/c1-10(11-3-4-11)18(2)16(20)12-5-8-14(17-13-6-7-13)15(9-12)19(21)22/h5,8-11,13,17H,3-4,6-7H2,1-2H3. The molecule has 1 unspecified atom stereocenters. The number of carbonyl (C=O) groups is 1. The maximum Gasteiger partial charge on any atom is 0.293 e. The first-order chi connectivity index (χ1) is 10.5. The van der Waals surface area contributed by atoms with E-state index in [1.165, 1.54) is 6.07 Å². The van der Waals surface area contributed by atoms with Gasteiger partial charge in [-0.3, -0.25) is 14.9 Å². The van der Waals surface area contributed by atoms with E-state index in [0.717, 1.165) is 25.7 Å². The Hall–Kier alpha value is -2.11. The smallest absolute Gasteiger partial charge is 0.293 e. The molecule has 0 heterocycles. The van der Waals surface area contributed by atoms with Crippen LogP contribution in [0.4, 0.5) is 11.4 Å². The fourth-order valence-corrected chi connectivity index (χ4v) is 2.67. The number of hydrogen-bond acceptors (Lipinski definition) is 4. The fourth-order valence-electron chi connectivity index (χ4n) is 2.67. The number of hydrogen-bond donors (Lipinski definition) is 1. The lowest BCUT2D eigenvalue weighted by atomic mass is 10.1. The van der Waals surface area contributed by atoms with Crippen LogP contribution in [-0.4, -0.2) is 34.9 Å². The van der Waals surface area contributed by atoms with Gasteiger partial charge in [-0.25, -0.2) is 0 Å². The average Bonchev–Trinajstić information content (AvgIpc) is 3.37. The molecule has 1 aromatic rings. The van der Waals surface area contributed by atoms with E-state index in [2.05, 4.69) is 5.32 Å². The predicted molar refractivity (Wildman–Crippen MR) is 84.0 cm³/mol. The van der Waals surface area contributed by atoms with E-state index in [9.17, 15) is 14.9 Å². The molecule has 2 aliphatic rings. The van der Waals surface area contributed by atoms with Crippen LogP contribution in [0, 0.1) is 16.0 Å². The molecule has 1 atom stereocenters. The number of amides is 1. The molecule has 0 spiro atoms. The Morgan fingerprint density at radius 3 is 2.59 bits per heavy atom. The summed E-state index contributed by atoms with van der Waals surface area (Å²) >= 11 is 0. The first-order valence-electron chi connectivity index (χ1n) is 7.79. The number of nitrogens with zero attached hydrogens (tertiary/aromatic N) is 2. The number of nitrogens with one attached hydrogen (secondary N) is 1. The molecular weight excluding hydrogens is 282 g/mol. The number of benzene rings is 1. The van der Waals surface area contributed by atoms with E-state index in [-0.39, 0.29) is 17.6 Å². The predicted octanol–water partition coefficient (Wildman–Crippen LogP) is 3.04. The molecular formula is C16H21N3O3. The molecule has 1 amide bonds. The minimum Gasteiger partial charge on any atom is -0.377 e. The Morgan fingerprint density at radius 2 is 2.05 bits per heavy atom. The van der Waals surface area contributed by atoms with Gasteiger partial charge in [0, 0.05) is 30.8 Å². The molecule has 1 N–H and O–H groups in total. The monoisotopic (exact) mass is 303 g/mol. The molecule has 0 radical (unpaired) electrons. The minimum absolute atomic E-state index is 0.0229. The van der Waals surface area contributed by atoms with Crippen molar-refractivity contribution in [1.29, 1.82) is 0 Å². The minimum atomic E-state index is -0.425. The van der Waals surface area contributed by atoms with Crippen LogP contribution in [0.2, 0.25) is 0 Å². The van der Waals surface area contributed by atoms with Gasteiger partial charge in [-0.1, -0.05) is 0 Å². The van der Waals surface area contributed by atoms with E-state index >= 15 is 0 Å². The van der Waals surface area contributed by atoms with E-state index in [1.807, 2.05) is 6.92 Å². The van der Waals surface area contributed by atoms with Crippen LogP contribution in [0.15, 0.2) is 18.2 Å². The first kappa shape index (κ1) is 14.8. The summed E-state index contributed by atoms with van der Waals surface area (Å²) in [7, 11) is 1.77. The Balaban J connectivity index is 1.81. The zero-order chi connectivity index (χ0) is 15.9. The quantitative estimate of drug-likeness (QED) is 0.647. The summed E-state index contributed by atoms with van der Waals surface area (Å²) in [6, 6.07) is 5.23. The van der Waals surface area contributed by atoms with Gasteiger partial charge in [0.15, 0.2) is 0 Å². The zero-order valence-electron chi connectivity index (χ0n) is 12.9. The molecule has 0 aliphatic heterocycles. The highest BCUT2D eigenvalue weighted by molar-refractivity contribution is 5.95. The highest BCUT2D eigenvalue weighted by atomic mass is 16.6. The van der Waals surface area contributed by atoms with Gasteiger partial charge in [0.25, 0.3) is 11.6 Å². The summed E-state index contributed by atoms with van der Waals surface area (Å²) in [6.07, 6.45) is 4.39. The molecule has 118 valence electrons. The SMILES string of the molecule is CC(C1CC1)N(C)C(=O)c1ccc(NC2CC2)c([N+](=O)[O-])c1. The molecule has 6 nitrogen and oxygen atoms in total. The van der Waals surface area contributed by atoms with Crippen molar-refractivity contribution in [3.05, 3.63) is 33.9 Å². The fraction of sp³-hybridized carbons (Fsp3) is 0.562. The van der Waals surface area contributed by atoms with Crippen LogP contribution in [0.1, 0.15) is 43.0 Å². The van der Waals surface area contributed by atoms with Crippen molar-refractivity contribution in [3.63, 3.8) is 0 Å². The van der Waals surface area contributed by atoms with Crippen LogP contribution in [0.25, 0.3) is 0 Å². The number of nitro benzene ring substituents is 1. The van der Waals surface area contributed by atoms with E-state index in [0.29, 0.717) is 23.2 Å². The van der Waals surface area contributed by atoms with Crippen LogP contribution in [0.3, 0.4) is 0 Å². The Labute approximate surface area is 129 Å². The van der Waals surface area contributed by atoms with Crippen molar-refractivity contribution in [2.24, 2.45) is 5.92 Å². The normalized spacial score (nSPS) is 18.6. The molecule has 2 aliphatic carbocycles. The summed E-state index contributed by atoms with van der Waals surface area (Å²) in [5.74, 6) is 0.417. The van der Waals surface area contributed by atoms with Gasteiger partial charge in [-0.05, 0) is 50.7 Å². The third-order valence-corrected chi connectivity index (χ3v) is 4.61. The zero-order valence-corrected chi connectivity index (χ0v) is 12.9. The summed E-state index contributed by atoms with van der Waals surface area (Å²) in [4.78, 5) is 25.1. The molecule has 0 aromatic heterocycles. The van der Waals surface area contributed by atoms with Gasteiger partial charge in [0.1, 0.15) is 5.69 Å². The largest absolute Gasteiger partial charge is 0.377 e. The molecule has 0 bridgehead atoms. The molecule has 2 saturated carbocycles. The lowest BCUT2D eigenvalue weighted by Gasteiger charge is -2.25. The van der Waals surface area contributed by atoms with Gasteiger partial charge in [0.2, 0.25) is 0 Å². The number of anilines is 1. The van der Waals surface area contributed by atoms with Crippen LogP contribution < -0.4 is 5.32 Å². The van der Waals surface area contributed by atoms with E-state index in [4.69, 9.17) is 0 Å². The van der Waals surface area contributed by atoms with Crippen molar-refractivity contribution in [2.45, 2.75) is 44.7 Å². The van der Waals surface area contributed by atoms with E-state index < -0.39 is 4.92 Å². The molecule has 1 aromatic carbocycles. The highest BCUT2D eigenvalue weighted by Gasteiger charge is 2.33. The Morgan fingerprint density at radius 1 is 1.36 bits per heavy atom. The van der Waals surface area contributed by atoms with Crippen molar-refractivity contribution < 1.29 is 9.72 Å². The van der Waals surface area contributed by atoms with Crippen LogP contribution in [-0.2, 0) is 0 Å². The Bertz CT molecular complexity index is 609. The van der Waals surface area contributed by atoms with Crippen molar-refractivity contribution in [1.82, 2.24) is 4.90 Å². The summed E-state index contributed by atoms with van der Waals surface area (Å²) < 4.78 is 0. The number of rotatable bonds is 6. The summed E-state index contributed by atoms with van der Waals surface area (Å²) in [5, 5.41) is 14.4. The van der Waals surface area contributed by atoms with Crippen molar-refractivity contribution >= 4 is 17.3 Å². The molecule has 3 rings (SSSR count). The molecule has 6 heteroatoms. The first-order valence-corrected chi connectivity index (χ1v) is 7.79. The molecule has 22 heavy (non-hydrogen) atoms. The van der Waals surface area contributed by atoms with Gasteiger partial charge in [-0.2, -0.15) is 0 Å². The maximum absolute atomic E-state index is 12.5. The Kier molecular flexibility index (Phi) is 3.76. The number of carbonyl (C=O) groups excluding carboxylic acids is 1. The third-order valence-electron chi connectivity index (χ3n) is 4.61. The van der Waals surface area contributed by atoms with Crippen LogP contribution >= 0.6 is 0 Å². The van der Waals surface area contributed by atoms with Gasteiger partial charge in [0.05, 0.1) is 4.92 Å². The lowest BCUT2D eigenvalue weighted by Crippen LogP contribution is -2.36. The number of nitro groups is 1. The maximum atomic E-state index is 12.5. The second kappa shape index (κ2) is 5.59. The second-order valence-electron chi connectivity index (χ2n) is 6.40. The van der Waals surface area contributed by atoms with Crippen molar-refractivity contribution in [2.75, 3.05) is 12.4 Å². The molecule has 0 saturated heterocycles. The van der Waals surface area contributed by atoms with Gasteiger partial charge >= 0.3 is 0 Å². The summed E-state index contributed by atoms with van der Waals surface area (Å²) in [6.45, 7) is 2.03. The van der Waals surface area contributed by atoms with Gasteiger partial charge < -0.3 is 10.2 Å². The topological polar surface area (TPSA) is 75.5 Å². The summed E-state index contributed by atoms with van der Waals surface area (Å²) in [5.41, 5.74) is 0.857. The van der Waals surface area contributed by atoms with Gasteiger partial charge in [-0.15, -0.1) is 0 Å². The van der Waals surface area contributed by atoms with E-state index in [1.54, 1.807) is 24.1 Å². The van der Waals surface area contributed by atoms with Crippen LogP contribution in [0.5, 0.6) is 0 Å². The third kappa shape index (κ3) is 3.05. The molecule has 2 fully saturated rings. The average molecular weight is 303 g/mol. The lowest BCUT2D eigenvalue weighted by molar-refractivity contribution is -0.384. The highest BCUT2D eigenvalue weighted by Crippen LogP contribution is 2.36. The van der Waals surface area contributed by atoms with Crippen molar-refractivity contribution in [3.8, 4) is 0 Å². The second-order valence-corrected chi connectivity index (χ2v) is 6.40.